The Labute approximate surface area is 141 Å². The number of hydrogen-bond donors (Lipinski definition) is 3. The lowest BCUT2D eigenvalue weighted by molar-refractivity contribution is -0.127. The topological polar surface area (TPSA) is 78.4 Å². The third-order valence-corrected chi connectivity index (χ3v) is 3.94. The van der Waals surface area contributed by atoms with Gasteiger partial charge in [0.15, 0.2) is 0 Å². The van der Waals surface area contributed by atoms with Crippen molar-refractivity contribution >= 4 is 11.8 Å². The van der Waals surface area contributed by atoms with Gasteiger partial charge in [-0.25, -0.2) is 0 Å². The van der Waals surface area contributed by atoms with Gasteiger partial charge in [-0.05, 0) is 17.7 Å². The maximum atomic E-state index is 12.6. The molecule has 126 valence electrons. The Morgan fingerprint density at radius 3 is 2.12 bits per heavy atom. The number of nitrogens with one attached hydrogen (secondary N) is 2. The standard InChI is InChI=1S/C19H22N2O3/c1-20-18(24)19(12-13-22,14-15-8-4-2-5-9-15)21-17(23)16-10-6-3-7-11-16/h2-11,22H,12-14H2,1H3,(H,20,24)(H,21,23)/t19-/m0/s1. The largest absolute Gasteiger partial charge is 0.396 e. The minimum Gasteiger partial charge on any atom is -0.396 e. The summed E-state index contributed by atoms with van der Waals surface area (Å²) in [6.45, 7) is -0.213. The van der Waals surface area contributed by atoms with Gasteiger partial charge in [0, 0.05) is 32.1 Å². The molecule has 5 heteroatoms. The highest BCUT2D eigenvalue weighted by molar-refractivity contribution is 5.99. The molecule has 3 N–H and O–H groups in total. The average molecular weight is 326 g/mol. The Kier molecular flexibility index (Phi) is 6.09. The molecule has 0 aliphatic carbocycles. The first-order chi connectivity index (χ1) is 11.6. The third kappa shape index (κ3) is 4.20. The first-order valence-electron chi connectivity index (χ1n) is 7.86. The number of rotatable bonds is 7. The van der Waals surface area contributed by atoms with Gasteiger partial charge in [-0.2, -0.15) is 0 Å². The van der Waals surface area contributed by atoms with Crippen LogP contribution in [0.15, 0.2) is 60.7 Å². The maximum Gasteiger partial charge on any atom is 0.252 e. The minimum absolute atomic E-state index is 0.125. The van der Waals surface area contributed by atoms with Gasteiger partial charge in [-0.15, -0.1) is 0 Å². The number of likely N-dealkylation sites (N-methyl/N-ethyl adjacent to an activating group) is 1. The summed E-state index contributed by atoms with van der Waals surface area (Å²) in [5, 5.41) is 14.9. The van der Waals surface area contributed by atoms with Crippen LogP contribution in [-0.4, -0.2) is 36.1 Å². The second kappa shape index (κ2) is 8.26. The maximum absolute atomic E-state index is 12.6. The Bertz CT molecular complexity index is 674. The van der Waals surface area contributed by atoms with Gasteiger partial charge in [0.1, 0.15) is 5.54 Å². The first kappa shape index (κ1) is 17.7. The highest BCUT2D eigenvalue weighted by atomic mass is 16.3. The molecular weight excluding hydrogens is 304 g/mol. The van der Waals surface area contributed by atoms with E-state index in [9.17, 15) is 14.7 Å². The molecular formula is C19H22N2O3. The van der Waals surface area contributed by atoms with E-state index in [1.165, 1.54) is 7.05 Å². The highest BCUT2D eigenvalue weighted by Crippen LogP contribution is 2.19. The number of aliphatic hydroxyl groups excluding tert-OH is 1. The third-order valence-electron chi connectivity index (χ3n) is 3.94. The molecule has 0 fully saturated rings. The highest BCUT2D eigenvalue weighted by Gasteiger charge is 2.39. The SMILES string of the molecule is CNC(=O)[C@](CCO)(Cc1ccccc1)NC(=O)c1ccccc1. The van der Waals surface area contributed by atoms with Crippen LogP contribution >= 0.6 is 0 Å². The summed E-state index contributed by atoms with van der Waals surface area (Å²) in [5.41, 5.74) is 0.164. The molecule has 0 saturated carbocycles. The Morgan fingerprint density at radius 1 is 1.00 bits per heavy atom. The number of carbonyl (C=O) groups excluding carboxylic acids is 2. The van der Waals surface area contributed by atoms with Crippen molar-refractivity contribution in [2.24, 2.45) is 0 Å². The van der Waals surface area contributed by atoms with Gasteiger partial charge in [-0.1, -0.05) is 48.5 Å². The molecule has 0 aliphatic heterocycles. The van der Waals surface area contributed by atoms with Crippen LogP contribution < -0.4 is 10.6 Å². The van der Waals surface area contributed by atoms with Crippen LogP contribution in [0.4, 0.5) is 0 Å². The molecule has 0 bridgehead atoms. The molecule has 0 heterocycles. The van der Waals surface area contributed by atoms with E-state index in [4.69, 9.17) is 0 Å². The number of amides is 2. The lowest BCUT2D eigenvalue weighted by Gasteiger charge is -2.33. The molecule has 2 aromatic rings. The van der Waals surface area contributed by atoms with Crippen LogP contribution in [0.25, 0.3) is 0 Å². The molecule has 0 radical (unpaired) electrons. The molecule has 0 aromatic heterocycles. The minimum atomic E-state index is -1.21. The van der Waals surface area contributed by atoms with Crippen molar-refractivity contribution in [1.82, 2.24) is 10.6 Å². The summed E-state index contributed by atoms with van der Waals surface area (Å²) in [4.78, 5) is 25.1. The van der Waals surface area contributed by atoms with Gasteiger partial charge in [0.25, 0.3) is 5.91 Å². The summed E-state index contributed by atoms with van der Waals surface area (Å²) in [6, 6.07) is 18.1. The molecule has 2 aromatic carbocycles. The number of aliphatic hydroxyl groups is 1. The fourth-order valence-corrected chi connectivity index (χ4v) is 2.70. The van der Waals surface area contributed by atoms with Crippen LogP contribution in [0.2, 0.25) is 0 Å². The molecule has 2 rings (SSSR count). The first-order valence-corrected chi connectivity index (χ1v) is 7.86. The number of hydrogen-bond acceptors (Lipinski definition) is 3. The summed E-state index contributed by atoms with van der Waals surface area (Å²) in [6.07, 6.45) is 0.423. The van der Waals surface area contributed by atoms with Crippen LogP contribution in [0, 0.1) is 0 Å². The molecule has 0 aliphatic rings. The smallest absolute Gasteiger partial charge is 0.252 e. The summed E-state index contributed by atoms with van der Waals surface area (Å²) in [7, 11) is 1.52. The van der Waals surface area contributed by atoms with Crippen LogP contribution in [-0.2, 0) is 11.2 Å². The average Bonchev–Trinajstić information content (AvgIpc) is 2.62. The summed E-state index contributed by atoms with van der Waals surface area (Å²) < 4.78 is 0. The lowest BCUT2D eigenvalue weighted by Crippen LogP contribution is -2.60. The van der Waals surface area contributed by atoms with Gasteiger partial charge in [-0.3, -0.25) is 9.59 Å². The Morgan fingerprint density at radius 2 is 1.58 bits per heavy atom. The second-order valence-electron chi connectivity index (χ2n) is 5.62. The quantitative estimate of drug-likeness (QED) is 0.722. The number of benzene rings is 2. The zero-order valence-corrected chi connectivity index (χ0v) is 13.7. The van der Waals surface area contributed by atoms with E-state index in [1.807, 2.05) is 36.4 Å². The molecule has 2 amide bonds. The molecule has 1 atom stereocenters. The zero-order valence-electron chi connectivity index (χ0n) is 13.7. The lowest BCUT2D eigenvalue weighted by atomic mass is 9.86. The summed E-state index contributed by atoms with van der Waals surface area (Å²) in [5.74, 6) is -0.673. The Hall–Kier alpha value is -2.66. The molecule has 5 nitrogen and oxygen atoms in total. The van der Waals surface area contributed by atoms with E-state index < -0.39 is 5.54 Å². The molecule has 0 saturated heterocycles. The second-order valence-corrected chi connectivity index (χ2v) is 5.62. The van der Waals surface area contributed by atoms with Crippen molar-refractivity contribution in [3.8, 4) is 0 Å². The van der Waals surface area contributed by atoms with Crippen molar-refractivity contribution in [3.05, 3.63) is 71.8 Å². The van der Waals surface area contributed by atoms with Crippen molar-refractivity contribution in [2.45, 2.75) is 18.4 Å². The van der Waals surface area contributed by atoms with E-state index in [1.54, 1.807) is 24.3 Å². The summed E-state index contributed by atoms with van der Waals surface area (Å²) >= 11 is 0. The van der Waals surface area contributed by atoms with Crippen LogP contribution in [0.3, 0.4) is 0 Å². The zero-order chi connectivity index (χ0) is 17.4. The van der Waals surface area contributed by atoms with Gasteiger partial charge < -0.3 is 15.7 Å². The van der Waals surface area contributed by atoms with E-state index >= 15 is 0 Å². The normalized spacial score (nSPS) is 12.9. The van der Waals surface area contributed by atoms with Crippen molar-refractivity contribution in [1.29, 1.82) is 0 Å². The van der Waals surface area contributed by atoms with E-state index in [2.05, 4.69) is 10.6 Å². The van der Waals surface area contributed by atoms with Crippen molar-refractivity contribution in [3.63, 3.8) is 0 Å². The van der Waals surface area contributed by atoms with E-state index in [0.717, 1.165) is 5.56 Å². The van der Waals surface area contributed by atoms with Gasteiger partial charge in [0.2, 0.25) is 5.91 Å². The fraction of sp³-hybridized carbons (Fsp3) is 0.263. The molecule has 0 spiro atoms. The number of carbonyl (C=O) groups is 2. The molecule has 24 heavy (non-hydrogen) atoms. The molecule has 0 unspecified atom stereocenters. The Balaban J connectivity index is 2.33. The van der Waals surface area contributed by atoms with E-state index in [0.29, 0.717) is 12.0 Å². The predicted octanol–water partition coefficient (Wildman–Crippen LogP) is 1.53. The van der Waals surface area contributed by atoms with Gasteiger partial charge in [0.05, 0.1) is 0 Å². The van der Waals surface area contributed by atoms with Crippen molar-refractivity contribution in [2.75, 3.05) is 13.7 Å². The predicted molar refractivity (Wildman–Crippen MR) is 92.6 cm³/mol. The van der Waals surface area contributed by atoms with Crippen LogP contribution in [0.5, 0.6) is 0 Å². The van der Waals surface area contributed by atoms with Crippen LogP contribution in [0.1, 0.15) is 22.3 Å². The van der Waals surface area contributed by atoms with E-state index in [-0.39, 0.29) is 24.8 Å². The fourth-order valence-electron chi connectivity index (χ4n) is 2.70. The van der Waals surface area contributed by atoms with Crippen molar-refractivity contribution < 1.29 is 14.7 Å². The van der Waals surface area contributed by atoms with Gasteiger partial charge >= 0.3 is 0 Å². The monoisotopic (exact) mass is 326 g/mol.